The lowest BCUT2D eigenvalue weighted by Gasteiger charge is -2.11. The Hall–Kier alpha value is -3.29. The van der Waals surface area contributed by atoms with Crippen LogP contribution in [-0.2, 0) is 17.9 Å². The summed E-state index contributed by atoms with van der Waals surface area (Å²) in [5, 5.41) is 9.01. The smallest absolute Gasteiger partial charge is 0.333 e. The van der Waals surface area contributed by atoms with Crippen molar-refractivity contribution in [2.24, 2.45) is 0 Å². The summed E-state index contributed by atoms with van der Waals surface area (Å²) in [5.41, 5.74) is -0.455. The minimum atomic E-state index is -1.27. The zero-order valence-electron chi connectivity index (χ0n) is 12.8. The van der Waals surface area contributed by atoms with Crippen molar-refractivity contribution in [2.75, 3.05) is 0 Å². The number of nitrogens with zero attached hydrogens (tertiary/aromatic N) is 4. The molecule has 2 aromatic heterocycles. The van der Waals surface area contributed by atoms with Gasteiger partial charge in [0.05, 0.1) is 0 Å². The number of rotatable bonds is 4. The van der Waals surface area contributed by atoms with Crippen LogP contribution in [0, 0.1) is 0 Å². The zero-order chi connectivity index (χ0) is 17.3. The third-order valence-electron chi connectivity index (χ3n) is 3.60. The highest BCUT2D eigenvalue weighted by Gasteiger charge is 2.16. The van der Waals surface area contributed by atoms with Gasteiger partial charge < -0.3 is 5.11 Å². The van der Waals surface area contributed by atoms with Crippen molar-refractivity contribution in [1.82, 2.24) is 19.1 Å². The summed E-state index contributed by atoms with van der Waals surface area (Å²) in [5.74, 6) is -0.877. The molecule has 0 aliphatic carbocycles. The van der Waals surface area contributed by atoms with Crippen LogP contribution in [0.2, 0.25) is 0 Å². The molecular weight excluding hydrogens is 312 g/mol. The Morgan fingerprint density at radius 2 is 1.88 bits per heavy atom. The van der Waals surface area contributed by atoms with Gasteiger partial charge in [0.15, 0.2) is 11.5 Å². The first-order valence-corrected chi connectivity index (χ1v) is 7.30. The first kappa shape index (κ1) is 15.6. The number of hydrogen-bond acceptors (Lipinski definition) is 5. The van der Waals surface area contributed by atoms with E-state index in [-0.39, 0.29) is 17.6 Å². The van der Waals surface area contributed by atoms with Crippen LogP contribution >= 0.6 is 0 Å². The maximum absolute atomic E-state index is 12.4. The largest absolute Gasteiger partial charge is 0.480 e. The topological polar surface area (TPSA) is 107 Å². The van der Waals surface area contributed by atoms with E-state index >= 15 is 0 Å². The fourth-order valence-corrected chi connectivity index (χ4v) is 2.48. The van der Waals surface area contributed by atoms with Crippen LogP contribution in [0.3, 0.4) is 0 Å². The quantitative estimate of drug-likeness (QED) is 0.757. The van der Waals surface area contributed by atoms with Gasteiger partial charge in [0.25, 0.3) is 5.56 Å². The number of benzene rings is 1. The second-order valence-electron chi connectivity index (χ2n) is 5.11. The molecule has 122 valence electrons. The van der Waals surface area contributed by atoms with Gasteiger partial charge in [-0.15, -0.1) is 0 Å². The number of aryl methyl sites for hydroxylation is 1. The lowest BCUT2D eigenvalue weighted by atomic mass is 10.2. The van der Waals surface area contributed by atoms with Gasteiger partial charge in [-0.25, -0.2) is 19.3 Å². The van der Waals surface area contributed by atoms with Crippen LogP contribution in [0.5, 0.6) is 0 Å². The molecule has 8 nitrogen and oxygen atoms in total. The average Bonchev–Trinajstić information content (AvgIpc) is 2.59. The normalized spacial score (nSPS) is 10.9. The van der Waals surface area contributed by atoms with Gasteiger partial charge in [0, 0.05) is 18.3 Å². The van der Waals surface area contributed by atoms with Crippen LogP contribution < -0.4 is 11.2 Å². The minimum absolute atomic E-state index is 0.109. The number of hydrogen-bond donors (Lipinski definition) is 1. The number of aromatic nitrogens is 4. The number of carboxylic acids is 1. The molecule has 1 aromatic carbocycles. The van der Waals surface area contributed by atoms with Crippen molar-refractivity contribution >= 4 is 17.0 Å². The molecule has 0 aliphatic rings. The fraction of sp³-hybridized carbons (Fsp3) is 0.188. The van der Waals surface area contributed by atoms with Crippen molar-refractivity contribution in [2.45, 2.75) is 20.0 Å². The molecular formula is C16H14N4O4. The summed E-state index contributed by atoms with van der Waals surface area (Å²) in [6.07, 6.45) is 1.33. The minimum Gasteiger partial charge on any atom is -0.480 e. The number of carbonyl (C=O) groups is 1. The van der Waals surface area contributed by atoms with Crippen LogP contribution in [0.1, 0.15) is 6.92 Å². The molecule has 0 fully saturated rings. The lowest BCUT2D eigenvalue weighted by molar-refractivity contribution is -0.137. The molecule has 8 heteroatoms. The summed E-state index contributed by atoms with van der Waals surface area (Å²) in [4.78, 5) is 44.3. The standard InChI is InChI=1S/C16H14N4O4/c1-2-19-14-11(15(23)20(16(19)24)9-12(21)22)8-17-13(18-14)10-6-4-3-5-7-10/h3-8H,2,9H2,1H3,(H,21,22). The summed E-state index contributed by atoms with van der Waals surface area (Å²) >= 11 is 0. The van der Waals surface area contributed by atoms with E-state index in [1.807, 2.05) is 30.3 Å². The van der Waals surface area contributed by atoms with Crippen LogP contribution in [0.4, 0.5) is 0 Å². The monoisotopic (exact) mass is 326 g/mol. The van der Waals surface area contributed by atoms with E-state index < -0.39 is 23.8 Å². The van der Waals surface area contributed by atoms with Crippen molar-refractivity contribution < 1.29 is 9.90 Å². The van der Waals surface area contributed by atoms with Gasteiger partial charge in [0.1, 0.15) is 11.9 Å². The van der Waals surface area contributed by atoms with E-state index in [4.69, 9.17) is 5.11 Å². The maximum Gasteiger partial charge on any atom is 0.333 e. The van der Waals surface area contributed by atoms with Gasteiger partial charge in [-0.1, -0.05) is 30.3 Å². The Labute approximate surface area is 135 Å². The predicted octanol–water partition coefficient (Wildman–Crippen LogP) is 0.725. The first-order valence-electron chi connectivity index (χ1n) is 7.30. The summed E-state index contributed by atoms with van der Waals surface area (Å²) in [6, 6.07) is 9.17. The molecule has 0 radical (unpaired) electrons. The van der Waals surface area contributed by atoms with Crippen LogP contribution in [-0.4, -0.2) is 30.2 Å². The molecule has 24 heavy (non-hydrogen) atoms. The molecule has 3 aromatic rings. The summed E-state index contributed by atoms with van der Waals surface area (Å²) < 4.78 is 1.95. The maximum atomic E-state index is 12.4. The molecule has 2 heterocycles. The fourth-order valence-electron chi connectivity index (χ4n) is 2.48. The SMILES string of the molecule is CCn1c(=O)n(CC(=O)O)c(=O)c2cnc(-c3ccccc3)nc21. The van der Waals surface area contributed by atoms with Crippen molar-refractivity contribution in [1.29, 1.82) is 0 Å². The van der Waals surface area contributed by atoms with Gasteiger partial charge in [-0.05, 0) is 6.92 Å². The molecule has 0 amide bonds. The second kappa shape index (κ2) is 6.07. The Bertz CT molecular complexity index is 1040. The average molecular weight is 326 g/mol. The van der Waals surface area contributed by atoms with E-state index in [2.05, 4.69) is 9.97 Å². The molecule has 0 atom stereocenters. The van der Waals surface area contributed by atoms with E-state index in [0.717, 1.165) is 5.56 Å². The van der Waals surface area contributed by atoms with Gasteiger partial charge in [-0.3, -0.25) is 14.2 Å². The number of carboxylic acid groups (broad SMARTS) is 1. The Morgan fingerprint density at radius 3 is 2.50 bits per heavy atom. The van der Waals surface area contributed by atoms with Gasteiger partial charge in [-0.2, -0.15) is 0 Å². The molecule has 3 rings (SSSR count). The molecule has 0 saturated carbocycles. The third-order valence-corrected chi connectivity index (χ3v) is 3.60. The highest BCUT2D eigenvalue weighted by Crippen LogP contribution is 2.15. The number of fused-ring (bicyclic) bond motifs is 1. The van der Waals surface area contributed by atoms with Crippen LogP contribution in [0.25, 0.3) is 22.4 Å². The van der Waals surface area contributed by atoms with Crippen LogP contribution in [0.15, 0.2) is 46.1 Å². The van der Waals surface area contributed by atoms with Crippen molar-refractivity contribution in [3.05, 3.63) is 57.4 Å². The molecule has 0 saturated heterocycles. The van der Waals surface area contributed by atoms with E-state index in [0.29, 0.717) is 10.4 Å². The van der Waals surface area contributed by atoms with E-state index in [1.165, 1.54) is 10.8 Å². The Balaban J connectivity index is 2.33. The molecule has 0 unspecified atom stereocenters. The molecule has 0 aliphatic heterocycles. The van der Waals surface area contributed by atoms with E-state index in [1.54, 1.807) is 6.92 Å². The van der Waals surface area contributed by atoms with E-state index in [9.17, 15) is 14.4 Å². The van der Waals surface area contributed by atoms with Gasteiger partial charge >= 0.3 is 11.7 Å². The molecule has 0 spiro atoms. The van der Waals surface area contributed by atoms with Crippen molar-refractivity contribution in [3.8, 4) is 11.4 Å². The zero-order valence-corrected chi connectivity index (χ0v) is 12.8. The molecule has 0 bridgehead atoms. The Kier molecular flexibility index (Phi) is 3.95. The van der Waals surface area contributed by atoms with Gasteiger partial charge in [0.2, 0.25) is 0 Å². The third kappa shape index (κ3) is 2.58. The predicted molar refractivity (Wildman–Crippen MR) is 86.8 cm³/mol. The van der Waals surface area contributed by atoms with Crippen molar-refractivity contribution in [3.63, 3.8) is 0 Å². The number of aliphatic carboxylic acids is 1. The molecule has 1 N–H and O–H groups in total. The highest BCUT2D eigenvalue weighted by molar-refractivity contribution is 5.76. The second-order valence-corrected chi connectivity index (χ2v) is 5.11. The highest BCUT2D eigenvalue weighted by atomic mass is 16.4. The Morgan fingerprint density at radius 1 is 1.17 bits per heavy atom. The first-order chi connectivity index (χ1) is 11.5. The summed E-state index contributed by atoms with van der Waals surface area (Å²) in [7, 11) is 0. The lowest BCUT2D eigenvalue weighted by Crippen LogP contribution is -2.41. The summed E-state index contributed by atoms with van der Waals surface area (Å²) in [6.45, 7) is 1.27.